The Kier molecular flexibility index (Phi) is 6.79. The lowest BCUT2D eigenvalue weighted by Crippen LogP contribution is -3.13. The fourth-order valence-electron chi connectivity index (χ4n) is 3.21. The highest BCUT2D eigenvalue weighted by atomic mass is 16.5. The van der Waals surface area contributed by atoms with Crippen molar-refractivity contribution in [3.05, 3.63) is 29.3 Å². The zero-order chi connectivity index (χ0) is 17.5. The molecular weight excluding hydrogens is 304 g/mol. The zero-order valence-corrected chi connectivity index (χ0v) is 15.0. The Bertz CT molecular complexity index is 586. The molecule has 1 heterocycles. The molecule has 1 aliphatic rings. The number of carbonyl (C=O) groups is 2. The molecule has 2 atom stereocenters. The fraction of sp³-hybridized carbons (Fsp3) is 0.579. The number of rotatable bonds is 6. The van der Waals surface area contributed by atoms with Crippen molar-refractivity contribution in [1.29, 1.82) is 0 Å². The van der Waals surface area contributed by atoms with Gasteiger partial charge < -0.3 is 15.0 Å². The number of ether oxygens (including phenoxy) is 1. The number of hydrogen-bond donors (Lipinski definition) is 2. The van der Waals surface area contributed by atoms with Crippen molar-refractivity contribution < 1.29 is 19.2 Å². The lowest BCUT2D eigenvalue weighted by molar-refractivity contribution is -0.906. The highest BCUT2D eigenvalue weighted by Gasteiger charge is 2.29. The van der Waals surface area contributed by atoms with Gasteiger partial charge in [-0.2, -0.15) is 0 Å². The number of carbonyl (C=O) groups excluding carboxylic acids is 2. The average molecular weight is 333 g/mol. The Balaban J connectivity index is 1.81. The van der Waals surface area contributed by atoms with E-state index in [4.69, 9.17) is 4.74 Å². The largest absolute Gasteiger partial charge is 0.466 e. The van der Waals surface area contributed by atoms with Gasteiger partial charge in [-0.3, -0.25) is 9.59 Å². The summed E-state index contributed by atoms with van der Waals surface area (Å²) in [6.07, 6.45) is 2.38. The molecular formula is C19H29N2O3+. The number of anilines is 1. The summed E-state index contributed by atoms with van der Waals surface area (Å²) in [5, 5.41) is 3.00. The second-order valence-corrected chi connectivity index (χ2v) is 6.66. The van der Waals surface area contributed by atoms with Crippen LogP contribution in [0.2, 0.25) is 0 Å². The molecule has 1 aromatic carbocycles. The van der Waals surface area contributed by atoms with Gasteiger partial charge in [0.25, 0.3) is 0 Å². The monoisotopic (exact) mass is 333 g/mol. The van der Waals surface area contributed by atoms with Gasteiger partial charge in [-0.25, -0.2) is 0 Å². The number of esters is 1. The first-order valence-electron chi connectivity index (χ1n) is 8.87. The predicted molar refractivity (Wildman–Crippen MR) is 94.1 cm³/mol. The Labute approximate surface area is 144 Å². The van der Waals surface area contributed by atoms with Gasteiger partial charge in [0.15, 0.2) is 0 Å². The van der Waals surface area contributed by atoms with Crippen molar-refractivity contribution in [1.82, 2.24) is 0 Å². The number of likely N-dealkylation sites (tertiary alicyclic amines) is 1. The number of benzene rings is 1. The van der Waals surface area contributed by atoms with Gasteiger partial charge in [-0.05, 0) is 50.8 Å². The minimum atomic E-state index is -0.0884. The summed E-state index contributed by atoms with van der Waals surface area (Å²) < 4.78 is 5.13. The predicted octanol–water partition coefficient (Wildman–Crippen LogP) is 1.49. The van der Waals surface area contributed by atoms with Crippen LogP contribution in [0, 0.1) is 19.8 Å². The molecule has 132 valence electrons. The summed E-state index contributed by atoms with van der Waals surface area (Å²) >= 11 is 0. The molecule has 1 unspecified atom stereocenters. The SMILES string of the molecule is CCOC(=O)[C@H]1CCC[NH+](CCC(=O)Nc2cc(C)ccc2C)C1. The van der Waals surface area contributed by atoms with Crippen LogP contribution in [0.3, 0.4) is 0 Å². The molecule has 0 saturated carbocycles. The van der Waals surface area contributed by atoms with E-state index in [0.717, 1.165) is 49.3 Å². The maximum atomic E-state index is 12.2. The van der Waals surface area contributed by atoms with E-state index >= 15 is 0 Å². The van der Waals surface area contributed by atoms with E-state index in [0.29, 0.717) is 13.0 Å². The molecule has 5 nitrogen and oxygen atoms in total. The van der Waals surface area contributed by atoms with Crippen molar-refractivity contribution in [3.8, 4) is 0 Å². The van der Waals surface area contributed by atoms with Gasteiger partial charge in [0.1, 0.15) is 5.92 Å². The summed E-state index contributed by atoms with van der Waals surface area (Å²) in [6.45, 7) is 8.83. The summed E-state index contributed by atoms with van der Waals surface area (Å²) in [7, 11) is 0. The number of hydrogen-bond acceptors (Lipinski definition) is 3. The smallest absolute Gasteiger partial charge is 0.314 e. The van der Waals surface area contributed by atoms with E-state index in [1.807, 2.05) is 39.0 Å². The fourth-order valence-corrected chi connectivity index (χ4v) is 3.21. The minimum Gasteiger partial charge on any atom is -0.466 e. The Morgan fingerprint density at radius 2 is 2.12 bits per heavy atom. The van der Waals surface area contributed by atoms with Gasteiger partial charge >= 0.3 is 5.97 Å². The maximum Gasteiger partial charge on any atom is 0.314 e. The molecule has 1 aliphatic heterocycles. The molecule has 1 saturated heterocycles. The molecule has 2 rings (SSSR count). The summed E-state index contributed by atoms with van der Waals surface area (Å²) in [5.74, 6) is -0.0697. The van der Waals surface area contributed by atoms with Crippen molar-refractivity contribution in [2.75, 3.05) is 31.6 Å². The standard InChI is InChI=1S/C19H28N2O3/c1-4-24-19(23)16-6-5-10-21(13-16)11-9-18(22)20-17-12-14(2)7-8-15(17)3/h7-8,12,16H,4-6,9-11,13H2,1-3H3,(H,20,22)/p+1/t16-/m0/s1. The van der Waals surface area contributed by atoms with Crippen LogP contribution in [0.4, 0.5) is 5.69 Å². The van der Waals surface area contributed by atoms with Crippen LogP contribution in [-0.2, 0) is 14.3 Å². The second kappa shape index (κ2) is 8.83. The molecule has 0 radical (unpaired) electrons. The van der Waals surface area contributed by atoms with E-state index < -0.39 is 0 Å². The van der Waals surface area contributed by atoms with Crippen LogP contribution in [0.5, 0.6) is 0 Å². The molecule has 1 aromatic rings. The average Bonchev–Trinajstić information content (AvgIpc) is 2.57. The Morgan fingerprint density at radius 1 is 1.33 bits per heavy atom. The van der Waals surface area contributed by atoms with Gasteiger partial charge in [0.2, 0.25) is 5.91 Å². The third-order valence-corrected chi connectivity index (χ3v) is 4.61. The van der Waals surface area contributed by atoms with Crippen molar-refractivity contribution in [3.63, 3.8) is 0 Å². The van der Waals surface area contributed by atoms with E-state index in [1.54, 1.807) is 0 Å². The molecule has 5 heteroatoms. The molecule has 0 aromatic heterocycles. The summed E-state index contributed by atoms with van der Waals surface area (Å²) in [5.41, 5.74) is 3.09. The molecule has 1 fully saturated rings. The summed E-state index contributed by atoms with van der Waals surface area (Å²) in [4.78, 5) is 25.4. The molecule has 1 amide bonds. The molecule has 2 N–H and O–H groups in total. The van der Waals surface area contributed by atoms with Crippen LogP contribution >= 0.6 is 0 Å². The summed E-state index contributed by atoms with van der Waals surface area (Å²) in [6, 6.07) is 6.06. The Morgan fingerprint density at radius 3 is 2.88 bits per heavy atom. The lowest BCUT2D eigenvalue weighted by atomic mass is 9.98. The van der Waals surface area contributed by atoms with Gasteiger partial charge in [-0.1, -0.05) is 12.1 Å². The first-order valence-corrected chi connectivity index (χ1v) is 8.87. The topological polar surface area (TPSA) is 59.8 Å². The third kappa shape index (κ3) is 5.34. The van der Waals surface area contributed by atoms with E-state index in [9.17, 15) is 9.59 Å². The number of piperidine rings is 1. The van der Waals surface area contributed by atoms with Crippen molar-refractivity contribution in [2.45, 2.75) is 40.0 Å². The number of amides is 1. The quantitative estimate of drug-likeness (QED) is 0.776. The van der Waals surface area contributed by atoms with Gasteiger partial charge in [0, 0.05) is 5.69 Å². The van der Waals surface area contributed by atoms with Crippen LogP contribution in [0.25, 0.3) is 0 Å². The maximum absolute atomic E-state index is 12.2. The molecule has 0 aliphatic carbocycles. The Hall–Kier alpha value is -1.88. The first-order chi connectivity index (χ1) is 11.5. The van der Waals surface area contributed by atoms with Crippen LogP contribution in [0.15, 0.2) is 18.2 Å². The third-order valence-electron chi connectivity index (χ3n) is 4.61. The van der Waals surface area contributed by atoms with Crippen molar-refractivity contribution in [2.24, 2.45) is 5.92 Å². The van der Waals surface area contributed by atoms with E-state index in [2.05, 4.69) is 5.32 Å². The minimum absolute atomic E-state index is 0.0178. The van der Waals surface area contributed by atoms with Crippen LogP contribution in [0.1, 0.15) is 37.3 Å². The zero-order valence-electron chi connectivity index (χ0n) is 15.0. The van der Waals surface area contributed by atoms with Crippen LogP contribution < -0.4 is 10.2 Å². The second-order valence-electron chi connectivity index (χ2n) is 6.66. The van der Waals surface area contributed by atoms with Gasteiger partial charge in [0.05, 0.1) is 32.7 Å². The van der Waals surface area contributed by atoms with E-state index in [-0.39, 0.29) is 17.8 Å². The number of aryl methyl sites for hydroxylation is 2. The number of nitrogens with one attached hydrogen (secondary N) is 2. The van der Waals surface area contributed by atoms with Crippen LogP contribution in [-0.4, -0.2) is 38.1 Å². The van der Waals surface area contributed by atoms with Crippen molar-refractivity contribution >= 4 is 17.6 Å². The first kappa shape index (κ1) is 18.5. The molecule has 0 bridgehead atoms. The highest BCUT2D eigenvalue weighted by molar-refractivity contribution is 5.91. The normalized spacial score (nSPS) is 20.5. The number of quaternary nitrogens is 1. The lowest BCUT2D eigenvalue weighted by Gasteiger charge is -2.28. The highest BCUT2D eigenvalue weighted by Crippen LogP contribution is 2.16. The van der Waals surface area contributed by atoms with E-state index in [1.165, 1.54) is 4.90 Å². The molecule has 24 heavy (non-hydrogen) atoms. The molecule has 0 spiro atoms. The van der Waals surface area contributed by atoms with Gasteiger partial charge in [-0.15, -0.1) is 0 Å².